The first-order valence-electron chi connectivity index (χ1n) is 9.11. The summed E-state index contributed by atoms with van der Waals surface area (Å²) in [5.41, 5.74) is 0.802. The molecule has 0 aliphatic carbocycles. The Morgan fingerprint density at radius 2 is 2.12 bits per heavy atom. The minimum atomic E-state index is 0.0927. The molecule has 2 aromatic rings. The van der Waals surface area contributed by atoms with E-state index in [0.29, 0.717) is 36.4 Å². The van der Waals surface area contributed by atoms with E-state index in [1.165, 1.54) is 0 Å². The number of hydrogen-bond acceptors (Lipinski definition) is 6. The van der Waals surface area contributed by atoms with Crippen LogP contribution in [0.3, 0.4) is 0 Å². The van der Waals surface area contributed by atoms with Gasteiger partial charge in [-0.15, -0.1) is 10.2 Å². The number of carbonyl (C=O) groups excluding carboxylic acids is 1. The zero-order valence-corrected chi connectivity index (χ0v) is 15.1. The smallest absolute Gasteiger partial charge is 0.247 e. The van der Waals surface area contributed by atoms with Gasteiger partial charge in [0, 0.05) is 25.1 Å². The van der Waals surface area contributed by atoms with Crippen LogP contribution in [0.1, 0.15) is 44.9 Å². The van der Waals surface area contributed by atoms with Crippen LogP contribution in [0.5, 0.6) is 11.5 Å². The topological polar surface area (TPSA) is 77.7 Å². The van der Waals surface area contributed by atoms with E-state index in [9.17, 15) is 4.79 Å². The molecule has 0 bridgehead atoms. The summed E-state index contributed by atoms with van der Waals surface area (Å²) in [7, 11) is 0. The van der Waals surface area contributed by atoms with Crippen LogP contribution in [0, 0.1) is 5.92 Å². The summed E-state index contributed by atoms with van der Waals surface area (Å²) in [4.78, 5) is 14.3. The van der Waals surface area contributed by atoms with Gasteiger partial charge in [0.25, 0.3) is 0 Å². The number of aromatic nitrogens is 2. The second-order valence-electron chi connectivity index (χ2n) is 7.29. The van der Waals surface area contributed by atoms with E-state index < -0.39 is 0 Å². The Kier molecular flexibility index (Phi) is 4.53. The van der Waals surface area contributed by atoms with Crippen LogP contribution >= 0.6 is 0 Å². The highest BCUT2D eigenvalue weighted by molar-refractivity contribution is 5.76. The second-order valence-corrected chi connectivity index (χ2v) is 7.29. The molecule has 2 aliphatic rings. The van der Waals surface area contributed by atoms with Gasteiger partial charge in [-0.25, -0.2) is 0 Å². The van der Waals surface area contributed by atoms with Gasteiger partial charge in [-0.05, 0) is 37.0 Å². The molecule has 1 saturated heterocycles. The van der Waals surface area contributed by atoms with E-state index in [1.54, 1.807) is 0 Å². The summed E-state index contributed by atoms with van der Waals surface area (Å²) < 4.78 is 16.6. The SMILES string of the molecule is CC(C)CC(=O)N1CCCC(c2nnc(-c3ccc4c(c3)OCO4)o2)C1. The van der Waals surface area contributed by atoms with Gasteiger partial charge in [0.2, 0.25) is 24.5 Å². The summed E-state index contributed by atoms with van der Waals surface area (Å²) in [6.45, 7) is 5.82. The Hall–Kier alpha value is -2.57. The number of fused-ring (bicyclic) bond motifs is 1. The average Bonchev–Trinajstić information content (AvgIpc) is 3.30. The Morgan fingerprint density at radius 3 is 2.96 bits per heavy atom. The van der Waals surface area contributed by atoms with Crippen LogP contribution in [0.2, 0.25) is 0 Å². The van der Waals surface area contributed by atoms with Crippen molar-refractivity contribution in [2.24, 2.45) is 5.92 Å². The lowest BCUT2D eigenvalue weighted by atomic mass is 9.97. The molecular weight excluding hydrogens is 334 g/mol. The van der Waals surface area contributed by atoms with Crippen molar-refractivity contribution in [1.82, 2.24) is 15.1 Å². The fourth-order valence-electron chi connectivity index (χ4n) is 3.43. The molecule has 1 amide bonds. The first-order chi connectivity index (χ1) is 12.6. The van der Waals surface area contributed by atoms with Crippen molar-refractivity contribution in [2.45, 2.75) is 39.0 Å². The number of piperidine rings is 1. The Labute approximate surface area is 152 Å². The Bertz CT molecular complexity index is 802. The molecule has 1 aromatic heterocycles. The molecule has 1 atom stereocenters. The second kappa shape index (κ2) is 6.97. The third-order valence-corrected chi connectivity index (χ3v) is 4.77. The largest absolute Gasteiger partial charge is 0.454 e. The lowest BCUT2D eigenvalue weighted by Gasteiger charge is -2.31. The third kappa shape index (κ3) is 3.38. The highest BCUT2D eigenvalue weighted by Gasteiger charge is 2.29. The van der Waals surface area contributed by atoms with Crippen molar-refractivity contribution in [1.29, 1.82) is 0 Å². The third-order valence-electron chi connectivity index (χ3n) is 4.77. The molecule has 1 unspecified atom stereocenters. The molecule has 7 heteroatoms. The number of ether oxygens (including phenoxy) is 2. The van der Waals surface area contributed by atoms with E-state index >= 15 is 0 Å². The molecule has 0 spiro atoms. The van der Waals surface area contributed by atoms with Gasteiger partial charge in [0.15, 0.2) is 11.5 Å². The molecule has 0 N–H and O–H groups in total. The molecule has 7 nitrogen and oxygen atoms in total. The van der Waals surface area contributed by atoms with E-state index in [0.717, 1.165) is 30.7 Å². The maximum atomic E-state index is 12.4. The van der Waals surface area contributed by atoms with Crippen molar-refractivity contribution >= 4 is 5.91 Å². The van der Waals surface area contributed by atoms with Crippen LogP contribution in [-0.4, -0.2) is 40.9 Å². The van der Waals surface area contributed by atoms with Crippen molar-refractivity contribution in [2.75, 3.05) is 19.9 Å². The number of rotatable bonds is 4. The predicted octanol–water partition coefficient (Wildman–Crippen LogP) is 3.22. The first kappa shape index (κ1) is 16.9. The lowest BCUT2D eigenvalue weighted by Crippen LogP contribution is -2.39. The normalized spacial score (nSPS) is 19.2. The van der Waals surface area contributed by atoms with E-state index in [1.807, 2.05) is 23.1 Å². The average molecular weight is 357 g/mol. The summed E-state index contributed by atoms with van der Waals surface area (Å²) in [6.07, 6.45) is 2.49. The summed E-state index contributed by atoms with van der Waals surface area (Å²) in [5.74, 6) is 3.13. The molecule has 3 heterocycles. The number of likely N-dealkylation sites (tertiary alicyclic amines) is 1. The molecule has 138 valence electrons. The van der Waals surface area contributed by atoms with Gasteiger partial charge in [-0.2, -0.15) is 0 Å². The fourth-order valence-corrected chi connectivity index (χ4v) is 3.43. The number of nitrogens with zero attached hydrogens (tertiary/aromatic N) is 3. The van der Waals surface area contributed by atoms with Gasteiger partial charge in [0.1, 0.15) is 0 Å². The number of amides is 1. The highest BCUT2D eigenvalue weighted by Crippen LogP contribution is 2.36. The molecule has 0 radical (unpaired) electrons. The fraction of sp³-hybridized carbons (Fsp3) is 0.526. The van der Waals surface area contributed by atoms with Crippen LogP contribution in [0.25, 0.3) is 11.5 Å². The van der Waals surface area contributed by atoms with Crippen molar-refractivity contribution in [3.05, 3.63) is 24.1 Å². The van der Waals surface area contributed by atoms with Crippen molar-refractivity contribution in [3.63, 3.8) is 0 Å². The standard InChI is InChI=1S/C19H23N3O4/c1-12(2)8-17(23)22-7-3-4-14(10-22)19-21-20-18(26-19)13-5-6-15-16(9-13)25-11-24-15/h5-6,9,12,14H,3-4,7-8,10-11H2,1-2H3. The van der Waals surface area contributed by atoms with Crippen LogP contribution < -0.4 is 9.47 Å². The summed E-state index contributed by atoms with van der Waals surface area (Å²) in [5, 5.41) is 8.43. The molecule has 4 rings (SSSR count). The Balaban J connectivity index is 1.48. The van der Waals surface area contributed by atoms with E-state index in [-0.39, 0.29) is 18.6 Å². The van der Waals surface area contributed by atoms with Crippen molar-refractivity contribution < 1.29 is 18.7 Å². The summed E-state index contributed by atoms with van der Waals surface area (Å²) >= 11 is 0. The van der Waals surface area contributed by atoms with Crippen LogP contribution in [0.15, 0.2) is 22.6 Å². The maximum Gasteiger partial charge on any atom is 0.247 e. The molecule has 0 saturated carbocycles. The quantitative estimate of drug-likeness (QED) is 0.836. The first-order valence-corrected chi connectivity index (χ1v) is 9.11. The van der Waals surface area contributed by atoms with Crippen LogP contribution in [0.4, 0.5) is 0 Å². The van der Waals surface area contributed by atoms with E-state index in [4.69, 9.17) is 13.9 Å². The number of benzene rings is 1. The molecule has 2 aliphatic heterocycles. The van der Waals surface area contributed by atoms with Gasteiger partial charge in [-0.3, -0.25) is 4.79 Å². The molecule has 1 aromatic carbocycles. The van der Waals surface area contributed by atoms with Gasteiger partial charge >= 0.3 is 0 Å². The molecule has 26 heavy (non-hydrogen) atoms. The van der Waals surface area contributed by atoms with Crippen molar-refractivity contribution in [3.8, 4) is 23.0 Å². The van der Waals surface area contributed by atoms with Crippen LogP contribution in [-0.2, 0) is 4.79 Å². The molecule has 1 fully saturated rings. The molecular formula is C19H23N3O4. The van der Waals surface area contributed by atoms with Gasteiger partial charge in [0.05, 0.1) is 5.92 Å². The van der Waals surface area contributed by atoms with Gasteiger partial charge < -0.3 is 18.8 Å². The summed E-state index contributed by atoms with van der Waals surface area (Å²) in [6, 6.07) is 5.57. The number of hydrogen-bond donors (Lipinski definition) is 0. The van der Waals surface area contributed by atoms with E-state index in [2.05, 4.69) is 24.0 Å². The minimum Gasteiger partial charge on any atom is -0.454 e. The highest BCUT2D eigenvalue weighted by atomic mass is 16.7. The predicted molar refractivity (Wildman–Crippen MR) is 93.9 cm³/mol. The minimum absolute atomic E-state index is 0.0927. The zero-order chi connectivity index (χ0) is 18.1. The monoisotopic (exact) mass is 357 g/mol. The maximum absolute atomic E-state index is 12.4. The van der Waals surface area contributed by atoms with Gasteiger partial charge in [-0.1, -0.05) is 13.8 Å². The Morgan fingerprint density at radius 1 is 1.27 bits per heavy atom. The zero-order valence-electron chi connectivity index (χ0n) is 15.1. The number of carbonyl (C=O) groups is 1. The lowest BCUT2D eigenvalue weighted by molar-refractivity contribution is -0.133.